The van der Waals surface area contributed by atoms with Crippen LogP contribution in [-0.4, -0.2) is 41.7 Å². The van der Waals surface area contributed by atoms with E-state index in [1.807, 2.05) is 18.2 Å². The Hall–Kier alpha value is -1.55. The average Bonchev–Trinajstić information content (AvgIpc) is 2.73. The molecule has 0 aliphatic carbocycles. The molecule has 2 aliphatic heterocycles. The zero-order valence-corrected chi connectivity index (χ0v) is 12.1. The normalized spacial score (nSPS) is 24.1. The number of carbonyl (C=O) groups excluding carboxylic acids is 1. The minimum Gasteiger partial charge on any atom is -0.492 e. The number of piperidine rings is 1. The quantitative estimate of drug-likeness (QED) is 0.852. The van der Waals surface area contributed by atoms with Crippen LogP contribution in [0.3, 0.4) is 0 Å². The summed E-state index contributed by atoms with van der Waals surface area (Å²) in [6, 6.07) is 5.66. The van der Waals surface area contributed by atoms with Crippen molar-refractivity contribution in [2.75, 3.05) is 19.7 Å². The third-order valence-electron chi connectivity index (χ3n) is 4.23. The van der Waals surface area contributed by atoms with Gasteiger partial charge in [0.15, 0.2) is 0 Å². The molecule has 1 aromatic rings. The van der Waals surface area contributed by atoms with Crippen LogP contribution in [0.15, 0.2) is 18.2 Å². The Morgan fingerprint density at radius 2 is 2.25 bits per heavy atom. The van der Waals surface area contributed by atoms with E-state index in [0.29, 0.717) is 18.7 Å². The predicted octanol–water partition coefficient (Wildman–Crippen LogP) is 1.95. The Morgan fingerprint density at radius 3 is 3.00 bits per heavy atom. The fraction of sp³-hybridized carbons (Fsp3) is 0.562. The number of hydrogen-bond acceptors (Lipinski definition) is 3. The minimum absolute atomic E-state index is 0.00856. The van der Waals surface area contributed by atoms with Crippen molar-refractivity contribution in [2.45, 2.75) is 38.2 Å². The third-order valence-corrected chi connectivity index (χ3v) is 4.23. The summed E-state index contributed by atoms with van der Waals surface area (Å²) in [5.41, 5.74) is 1.74. The highest BCUT2D eigenvalue weighted by Crippen LogP contribution is 2.38. The largest absolute Gasteiger partial charge is 0.492 e. The molecule has 108 valence electrons. The van der Waals surface area contributed by atoms with E-state index >= 15 is 0 Å². The second-order valence-corrected chi connectivity index (χ2v) is 6.43. The highest BCUT2D eigenvalue weighted by molar-refractivity contribution is 5.94. The first-order valence-corrected chi connectivity index (χ1v) is 7.22. The lowest BCUT2D eigenvalue weighted by Gasteiger charge is -2.30. The average molecular weight is 275 g/mol. The highest BCUT2D eigenvalue weighted by atomic mass is 16.5. The molecule has 0 unspecified atom stereocenters. The van der Waals surface area contributed by atoms with E-state index in [-0.39, 0.29) is 17.4 Å². The van der Waals surface area contributed by atoms with E-state index < -0.39 is 0 Å². The summed E-state index contributed by atoms with van der Waals surface area (Å²) < 4.78 is 5.65. The van der Waals surface area contributed by atoms with Crippen LogP contribution in [0, 0.1) is 0 Å². The van der Waals surface area contributed by atoms with Crippen molar-refractivity contribution in [3.63, 3.8) is 0 Å². The van der Waals surface area contributed by atoms with Gasteiger partial charge >= 0.3 is 0 Å². The topological polar surface area (TPSA) is 49.8 Å². The van der Waals surface area contributed by atoms with Crippen molar-refractivity contribution < 1.29 is 14.6 Å². The maximum absolute atomic E-state index is 12.5. The number of aliphatic hydroxyl groups is 1. The number of fused-ring (bicyclic) bond motifs is 1. The number of likely N-dealkylation sites (tertiary alicyclic amines) is 1. The van der Waals surface area contributed by atoms with Gasteiger partial charge in [-0.05, 0) is 31.0 Å². The molecule has 0 saturated carbocycles. The number of rotatable bonds is 1. The maximum atomic E-state index is 12.5. The molecule has 1 amide bonds. The summed E-state index contributed by atoms with van der Waals surface area (Å²) in [7, 11) is 0. The summed E-state index contributed by atoms with van der Waals surface area (Å²) >= 11 is 0. The maximum Gasteiger partial charge on any atom is 0.253 e. The number of benzene rings is 1. The minimum atomic E-state index is -0.387. The Kier molecular flexibility index (Phi) is 3.21. The van der Waals surface area contributed by atoms with E-state index in [0.717, 1.165) is 30.7 Å². The van der Waals surface area contributed by atoms with E-state index in [1.54, 1.807) is 4.90 Å². The van der Waals surface area contributed by atoms with E-state index in [9.17, 15) is 9.90 Å². The molecule has 2 aliphatic rings. The molecule has 1 atom stereocenters. The smallest absolute Gasteiger partial charge is 0.253 e. The molecular formula is C16H21NO3. The summed E-state index contributed by atoms with van der Waals surface area (Å²) in [6.45, 7) is 6.07. The van der Waals surface area contributed by atoms with Gasteiger partial charge in [0, 0.05) is 29.6 Å². The highest BCUT2D eigenvalue weighted by Gasteiger charge is 2.33. The predicted molar refractivity (Wildman–Crippen MR) is 76.1 cm³/mol. The van der Waals surface area contributed by atoms with Gasteiger partial charge in [-0.3, -0.25) is 4.79 Å². The van der Waals surface area contributed by atoms with Crippen LogP contribution in [0.1, 0.15) is 42.6 Å². The molecular weight excluding hydrogens is 254 g/mol. The molecule has 0 radical (unpaired) electrons. The lowest BCUT2D eigenvalue weighted by atomic mass is 9.86. The monoisotopic (exact) mass is 275 g/mol. The Labute approximate surface area is 119 Å². The Morgan fingerprint density at radius 1 is 1.45 bits per heavy atom. The number of nitrogens with zero attached hydrogens (tertiary/aromatic N) is 1. The van der Waals surface area contributed by atoms with Crippen LogP contribution in [0.4, 0.5) is 0 Å². The second-order valence-electron chi connectivity index (χ2n) is 6.43. The first kappa shape index (κ1) is 13.4. The van der Waals surface area contributed by atoms with E-state index in [2.05, 4.69) is 13.8 Å². The van der Waals surface area contributed by atoms with E-state index in [1.165, 1.54) is 0 Å². The number of amides is 1. The molecule has 4 nitrogen and oxygen atoms in total. The first-order chi connectivity index (χ1) is 9.47. The van der Waals surface area contributed by atoms with Crippen LogP contribution < -0.4 is 4.74 Å². The summed E-state index contributed by atoms with van der Waals surface area (Å²) in [4.78, 5) is 14.3. The first-order valence-electron chi connectivity index (χ1n) is 7.22. The lowest BCUT2D eigenvalue weighted by Crippen LogP contribution is -2.42. The molecule has 1 N–H and O–H groups in total. The van der Waals surface area contributed by atoms with Gasteiger partial charge in [-0.15, -0.1) is 0 Å². The van der Waals surface area contributed by atoms with Gasteiger partial charge in [-0.1, -0.05) is 13.8 Å². The zero-order valence-electron chi connectivity index (χ0n) is 12.1. The van der Waals surface area contributed by atoms with Crippen molar-refractivity contribution in [3.8, 4) is 5.75 Å². The number of β-amino-alcohol motifs (C(OH)–C–C–N with tert-alkyl or cyclic N) is 1. The van der Waals surface area contributed by atoms with Crippen LogP contribution in [0.2, 0.25) is 0 Å². The van der Waals surface area contributed by atoms with Gasteiger partial charge in [-0.2, -0.15) is 0 Å². The molecule has 0 bridgehead atoms. The molecule has 3 rings (SSSR count). The van der Waals surface area contributed by atoms with Crippen molar-refractivity contribution in [1.29, 1.82) is 0 Å². The Bertz CT molecular complexity index is 539. The van der Waals surface area contributed by atoms with Crippen LogP contribution in [0.25, 0.3) is 0 Å². The lowest BCUT2D eigenvalue weighted by molar-refractivity contribution is 0.0473. The van der Waals surface area contributed by atoms with Crippen LogP contribution in [-0.2, 0) is 5.41 Å². The summed E-state index contributed by atoms with van der Waals surface area (Å²) in [5.74, 6) is 0.888. The van der Waals surface area contributed by atoms with Gasteiger partial charge in [0.2, 0.25) is 0 Å². The number of hydrogen-bond donors (Lipinski definition) is 1. The fourth-order valence-electron chi connectivity index (χ4n) is 2.98. The molecule has 0 spiro atoms. The number of ether oxygens (including phenoxy) is 1. The van der Waals surface area contributed by atoms with Crippen molar-refractivity contribution in [3.05, 3.63) is 29.3 Å². The molecule has 1 saturated heterocycles. The molecule has 1 aromatic carbocycles. The van der Waals surface area contributed by atoms with Gasteiger partial charge in [0.25, 0.3) is 5.91 Å². The molecule has 0 aromatic heterocycles. The Balaban J connectivity index is 1.86. The van der Waals surface area contributed by atoms with Gasteiger partial charge in [0.1, 0.15) is 5.75 Å². The van der Waals surface area contributed by atoms with Gasteiger partial charge < -0.3 is 14.7 Å². The number of carbonyl (C=O) groups is 1. The molecule has 1 fully saturated rings. The van der Waals surface area contributed by atoms with E-state index in [4.69, 9.17) is 4.74 Å². The second kappa shape index (κ2) is 4.77. The summed E-state index contributed by atoms with van der Waals surface area (Å²) in [6.07, 6.45) is 1.27. The summed E-state index contributed by atoms with van der Waals surface area (Å²) in [5, 5.41) is 9.70. The van der Waals surface area contributed by atoms with Gasteiger partial charge in [0.05, 0.1) is 12.7 Å². The molecule has 20 heavy (non-hydrogen) atoms. The molecule has 2 heterocycles. The van der Waals surface area contributed by atoms with Crippen LogP contribution >= 0.6 is 0 Å². The number of aliphatic hydroxyl groups excluding tert-OH is 1. The SMILES string of the molecule is CC1(C)COc2ccc(C(=O)N3CCC[C@H](O)C3)cc21. The molecule has 4 heteroatoms. The van der Waals surface area contributed by atoms with Crippen molar-refractivity contribution >= 4 is 5.91 Å². The fourth-order valence-corrected chi connectivity index (χ4v) is 2.98. The zero-order chi connectivity index (χ0) is 14.3. The van der Waals surface area contributed by atoms with Gasteiger partial charge in [-0.25, -0.2) is 0 Å². The third kappa shape index (κ3) is 2.29. The van der Waals surface area contributed by atoms with Crippen molar-refractivity contribution in [1.82, 2.24) is 4.90 Å². The van der Waals surface area contributed by atoms with Crippen molar-refractivity contribution in [2.24, 2.45) is 0 Å². The van der Waals surface area contributed by atoms with Crippen LogP contribution in [0.5, 0.6) is 5.75 Å². The standard InChI is InChI=1S/C16H21NO3/c1-16(2)10-20-14-6-5-11(8-13(14)16)15(19)17-7-3-4-12(18)9-17/h5-6,8,12,18H,3-4,7,9-10H2,1-2H3/t12-/m0/s1.